The molecule has 2 fully saturated rings. The zero-order chi connectivity index (χ0) is 13.7. The minimum atomic E-state index is 0.653. The summed E-state index contributed by atoms with van der Waals surface area (Å²) in [7, 11) is 2.23. The Labute approximate surface area is 119 Å². The molecule has 2 aliphatic rings. The molecule has 0 aromatic carbocycles. The van der Waals surface area contributed by atoms with Gasteiger partial charge in [-0.05, 0) is 59.0 Å². The maximum atomic E-state index is 3.85. The Balaban J connectivity index is 1.76. The molecule has 1 aliphatic heterocycles. The summed E-state index contributed by atoms with van der Waals surface area (Å²) in [6.45, 7) is 8.09. The molecular weight excluding hydrogens is 234 g/mol. The summed E-state index contributed by atoms with van der Waals surface area (Å²) >= 11 is 0. The van der Waals surface area contributed by atoms with Gasteiger partial charge in [-0.25, -0.2) is 0 Å². The van der Waals surface area contributed by atoms with Crippen LogP contribution in [0.2, 0.25) is 0 Å². The van der Waals surface area contributed by atoms with Crippen LogP contribution >= 0.6 is 0 Å². The van der Waals surface area contributed by atoms with Crippen molar-refractivity contribution in [3.8, 4) is 0 Å². The van der Waals surface area contributed by atoms with Crippen molar-refractivity contribution in [3.05, 3.63) is 0 Å². The van der Waals surface area contributed by atoms with Gasteiger partial charge in [-0.1, -0.05) is 12.8 Å². The van der Waals surface area contributed by atoms with E-state index in [0.717, 1.165) is 24.5 Å². The van der Waals surface area contributed by atoms with Gasteiger partial charge in [-0.2, -0.15) is 0 Å². The van der Waals surface area contributed by atoms with Crippen LogP contribution < -0.4 is 10.6 Å². The maximum Gasteiger partial charge on any atom is 0.0111 e. The molecule has 1 saturated carbocycles. The standard InChI is InChI=1S/C16H33N3/c1-13(2)19(3)12-11-18-15-8-5-4-7-14(15)16-9-6-10-17-16/h13-18H,4-12H2,1-3H3. The molecule has 1 aliphatic carbocycles. The van der Waals surface area contributed by atoms with Crippen molar-refractivity contribution in [2.24, 2.45) is 5.92 Å². The maximum absolute atomic E-state index is 3.85. The Hall–Kier alpha value is -0.120. The molecule has 3 unspecified atom stereocenters. The van der Waals surface area contributed by atoms with Crippen LogP contribution in [0.15, 0.2) is 0 Å². The summed E-state index contributed by atoms with van der Waals surface area (Å²) in [4.78, 5) is 2.43. The van der Waals surface area contributed by atoms with Crippen LogP contribution in [0.1, 0.15) is 52.4 Å². The van der Waals surface area contributed by atoms with Crippen LogP contribution in [0.4, 0.5) is 0 Å². The van der Waals surface area contributed by atoms with Gasteiger partial charge in [0, 0.05) is 31.2 Å². The van der Waals surface area contributed by atoms with Crippen molar-refractivity contribution in [3.63, 3.8) is 0 Å². The molecule has 112 valence electrons. The van der Waals surface area contributed by atoms with Crippen LogP contribution in [0.3, 0.4) is 0 Å². The number of likely N-dealkylation sites (N-methyl/N-ethyl adjacent to an activating group) is 1. The Kier molecular flexibility index (Phi) is 6.11. The number of rotatable bonds is 6. The molecule has 3 atom stereocenters. The van der Waals surface area contributed by atoms with Gasteiger partial charge in [-0.3, -0.25) is 0 Å². The Morgan fingerprint density at radius 2 is 1.95 bits per heavy atom. The second-order valence-corrected chi connectivity index (χ2v) is 6.79. The summed E-state index contributed by atoms with van der Waals surface area (Å²) in [6, 6.07) is 2.20. The lowest BCUT2D eigenvalue weighted by atomic mass is 9.79. The molecule has 3 nitrogen and oxygen atoms in total. The van der Waals surface area contributed by atoms with Crippen LogP contribution in [-0.2, 0) is 0 Å². The Morgan fingerprint density at radius 3 is 2.63 bits per heavy atom. The monoisotopic (exact) mass is 267 g/mol. The van der Waals surface area contributed by atoms with Gasteiger partial charge < -0.3 is 15.5 Å². The third-order valence-electron chi connectivity index (χ3n) is 5.19. The average molecular weight is 267 g/mol. The highest BCUT2D eigenvalue weighted by Gasteiger charge is 2.32. The number of hydrogen-bond donors (Lipinski definition) is 2. The first kappa shape index (κ1) is 15.3. The Bertz CT molecular complexity index is 248. The largest absolute Gasteiger partial charge is 0.314 e. The fourth-order valence-electron chi connectivity index (χ4n) is 3.66. The second kappa shape index (κ2) is 7.61. The molecule has 2 rings (SSSR count). The lowest BCUT2D eigenvalue weighted by Gasteiger charge is -2.37. The molecule has 0 aromatic rings. The molecule has 1 saturated heterocycles. The van der Waals surface area contributed by atoms with Crippen molar-refractivity contribution in [2.75, 3.05) is 26.7 Å². The van der Waals surface area contributed by atoms with Crippen LogP contribution in [-0.4, -0.2) is 49.7 Å². The van der Waals surface area contributed by atoms with E-state index < -0.39 is 0 Å². The van der Waals surface area contributed by atoms with Gasteiger partial charge in [0.05, 0.1) is 0 Å². The normalized spacial score (nSPS) is 32.4. The third-order valence-corrected chi connectivity index (χ3v) is 5.19. The first-order valence-electron chi connectivity index (χ1n) is 8.35. The zero-order valence-corrected chi connectivity index (χ0v) is 13.1. The molecular formula is C16H33N3. The summed E-state index contributed by atoms with van der Waals surface area (Å²) in [5.74, 6) is 0.876. The van der Waals surface area contributed by atoms with E-state index in [1.54, 1.807) is 0 Å². The van der Waals surface area contributed by atoms with E-state index in [4.69, 9.17) is 0 Å². The summed E-state index contributed by atoms with van der Waals surface area (Å²) < 4.78 is 0. The van der Waals surface area contributed by atoms with Gasteiger partial charge >= 0.3 is 0 Å². The molecule has 19 heavy (non-hydrogen) atoms. The van der Waals surface area contributed by atoms with Crippen molar-refractivity contribution in [1.82, 2.24) is 15.5 Å². The van der Waals surface area contributed by atoms with Gasteiger partial charge in [0.15, 0.2) is 0 Å². The third kappa shape index (κ3) is 4.44. The average Bonchev–Trinajstić information content (AvgIpc) is 2.93. The molecule has 2 N–H and O–H groups in total. The molecule has 0 bridgehead atoms. The molecule has 0 radical (unpaired) electrons. The predicted molar refractivity (Wildman–Crippen MR) is 82.5 cm³/mol. The second-order valence-electron chi connectivity index (χ2n) is 6.79. The summed E-state index contributed by atoms with van der Waals surface area (Å²) in [5, 5.41) is 7.58. The molecule has 0 amide bonds. The van der Waals surface area contributed by atoms with E-state index in [1.165, 1.54) is 51.6 Å². The predicted octanol–water partition coefficient (Wildman–Crippen LogP) is 2.23. The molecule has 0 spiro atoms. The van der Waals surface area contributed by atoms with E-state index in [2.05, 4.69) is 36.4 Å². The minimum absolute atomic E-state index is 0.653. The number of nitrogens with one attached hydrogen (secondary N) is 2. The fourth-order valence-corrected chi connectivity index (χ4v) is 3.66. The zero-order valence-electron chi connectivity index (χ0n) is 13.1. The smallest absolute Gasteiger partial charge is 0.0111 e. The van der Waals surface area contributed by atoms with Crippen LogP contribution in [0.25, 0.3) is 0 Å². The van der Waals surface area contributed by atoms with Crippen molar-refractivity contribution < 1.29 is 0 Å². The number of nitrogens with zero attached hydrogens (tertiary/aromatic N) is 1. The quantitative estimate of drug-likeness (QED) is 0.773. The van der Waals surface area contributed by atoms with Gasteiger partial charge in [0.25, 0.3) is 0 Å². The van der Waals surface area contributed by atoms with Gasteiger partial charge in [0.1, 0.15) is 0 Å². The molecule has 0 aromatic heterocycles. The number of hydrogen-bond acceptors (Lipinski definition) is 3. The van der Waals surface area contributed by atoms with Crippen molar-refractivity contribution >= 4 is 0 Å². The van der Waals surface area contributed by atoms with Crippen LogP contribution in [0, 0.1) is 5.92 Å². The minimum Gasteiger partial charge on any atom is -0.314 e. The summed E-state index contributed by atoms with van der Waals surface area (Å²) in [6.07, 6.45) is 8.44. The fraction of sp³-hybridized carbons (Fsp3) is 1.00. The van der Waals surface area contributed by atoms with E-state index in [-0.39, 0.29) is 0 Å². The molecule has 3 heteroatoms. The SMILES string of the molecule is CC(C)N(C)CCNC1CCCCC1C1CCCN1. The Morgan fingerprint density at radius 1 is 1.16 bits per heavy atom. The van der Waals surface area contributed by atoms with Crippen molar-refractivity contribution in [2.45, 2.75) is 70.5 Å². The first-order valence-corrected chi connectivity index (χ1v) is 8.35. The highest BCUT2D eigenvalue weighted by atomic mass is 15.1. The van der Waals surface area contributed by atoms with Gasteiger partial charge in [0.2, 0.25) is 0 Å². The highest BCUT2D eigenvalue weighted by molar-refractivity contribution is 4.91. The van der Waals surface area contributed by atoms with E-state index >= 15 is 0 Å². The van der Waals surface area contributed by atoms with E-state index in [1.807, 2.05) is 0 Å². The highest BCUT2D eigenvalue weighted by Crippen LogP contribution is 2.30. The first-order chi connectivity index (χ1) is 9.18. The van der Waals surface area contributed by atoms with Crippen molar-refractivity contribution in [1.29, 1.82) is 0 Å². The van der Waals surface area contributed by atoms with E-state index in [9.17, 15) is 0 Å². The van der Waals surface area contributed by atoms with E-state index in [0.29, 0.717) is 6.04 Å². The van der Waals surface area contributed by atoms with Gasteiger partial charge in [-0.15, -0.1) is 0 Å². The lowest BCUT2D eigenvalue weighted by molar-refractivity contribution is 0.202. The topological polar surface area (TPSA) is 27.3 Å². The van der Waals surface area contributed by atoms with Crippen LogP contribution in [0.5, 0.6) is 0 Å². The molecule has 1 heterocycles. The lowest BCUT2D eigenvalue weighted by Crippen LogP contribution is -2.48. The summed E-state index contributed by atoms with van der Waals surface area (Å²) in [5.41, 5.74) is 0.